The van der Waals surface area contributed by atoms with E-state index in [2.05, 4.69) is 22.5 Å². The first kappa shape index (κ1) is 9.93. The number of aromatic nitrogens is 2. The smallest absolute Gasteiger partial charge is 0.0597 e. The van der Waals surface area contributed by atoms with Crippen molar-refractivity contribution < 1.29 is 0 Å². The SMILES string of the molecule is CNCc1c(-c2ccccc2)cnn1C. The Morgan fingerprint density at radius 3 is 2.67 bits per heavy atom. The van der Waals surface area contributed by atoms with Gasteiger partial charge in [-0.3, -0.25) is 4.68 Å². The van der Waals surface area contributed by atoms with E-state index in [-0.39, 0.29) is 0 Å². The number of aryl methyl sites for hydroxylation is 1. The molecule has 15 heavy (non-hydrogen) atoms. The van der Waals surface area contributed by atoms with Crippen LogP contribution < -0.4 is 5.32 Å². The van der Waals surface area contributed by atoms with Crippen molar-refractivity contribution in [2.75, 3.05) is 7.05 Å². The fourth-order valence-electron chi connectivity index (χ4n) is 1.70. The first-order valence-corrected chi connectivity index (χ1v) is 5.04. The van der Waals surface area contributed by atoms with Crippen LogP contribution in [0.5, 0.6) is 0 Å². The molecule has 3 heteroatoms. The maximum Gasteiger partial charge on any atom is 0.0597 e. The van der Waals surface area contributed by atoms with Crippen LogP contribution in [-0.4, -0.2) is 16.8 Å². The van der Waals surface area contributed by atoms with E-state index in [0.29, 0.717) is 0 Å². The lowest BCUT2D eigenvalue weighted by atomic mass is 10.1. The van der Waals surface area contributed by atoms with Gasteiger partial charge < -0.3 is 5.32 Å². The van der Waals surface area contributed by atoms with Gasteiger partial charge >= 0.3 is 0 Å². The molecule has 0 amide bonds. The van der Waals surface area contributed by atoms with Crippen LogP contribution in [0.1, 0.15) is 5.69 Å². The van der Waals surface area contributed by atoms with Gasteiger partial charge in [0.2, 0.25) is 0 Å². The highest BCUT2D eigenvalue weighted by Gasteiger charge is 2.08. The molecule has 0 aliphatic carbocycles. The van der Waals surface area contributed by atoms with Crippen molar-refractivity contribution in [2.45, 2.75) is 6.54 Å². The van der Waals surface area contributed by atoms with Gasteiger partial charge in [-0.1, -0.05) is 30.3 Å². The first-order valence-electron chi connectivity index (χ1n) is 5.04. The predicted molar refractivity (Wildman–Crippen MR) is 61.4 cm³/mol. The van der Waals surface area contributed by atoms with Crippen molar-refractivity contribution in [3.63, 3.8) is 0 Å². The Balaban J connectivity index is 2.44. The highest BCUT2D eigenvalue weighted by Crippen LogP contribution is 2.22. The number of nitrogens with zero attached hydrogens (tertiary/aromatic N) is 2. The Morgan fingerprint density at radius 1 is 1.27 bits per heavy atom. The van der Waals surface area contributed by atoms with Gasteiger partial charge in [0.1, 0.15) is 0 Å². The molecule has 0 radical (unpaired) electrons. The van der Waals surface area contributed by atoms with Crippen LogP contribution in [0, 0.1) is 0 Å². The summed E-state index contributed by atoms with van der Waals surface area (Å²) < 4.78 is 1.92. The lowest BCUT2D eigenvalue weighted by Crippen LogP contribution is -2.10. The molecule has 0 aliphatic rings. The molecular weight excluding hydrogens is 186 g/mol. The van der Waals surface area contributed by atoms with E-state index in [1.54, 1.807) is 0 Å². The van der Waals surface area contributed by atoms with E-state index >= 15 is 0 Å². The normalized spacial score (nSPS) is 10.5. The summed E-state index contributed by atoms with van der Waals surface area (Å²) in [5, 5.41) is 7.45. The van der Waals surface area contributed by atoms with Crippen LogP contribution in [0.3, 0.4) is 0 Å². The molecule has 2 aromatic rings. The molecule has 2 rings (SSSR count). The number of nitrogens with one attached hydrogen (secondary N) is 1. The van der Waals surface area contributed by atoms with E-state index in [4.69, 9.17) is 0 Å². The monoisotopic (exact) mass is 201 g/mol. The summed E-state index contributed by atoms with van der Waals surface area (Å²) in [7, 11) is 3.92. The first-order chi connectivity index (χ1) is 7.33. The number of benzene rings is 1. The topological polar surface area (TPSA) is 29.9 Å². The van der Waals surface area contributed by atoms with Gasteiger partial charge in [0.15, 0.2) is 0 Å². The van der Waals surface area contributed by atoms with Gasteiger partial charge in [-0.2, -0.15) is 5.10 Å². The Bertz CT molecular complexity index is 431. The molecule has 0 saturated heterocycles. The van der Waals surface area contributed by atoms with Crippen molar-refractivity contribution in [3.8, 4) is 11.1 Å². The fraction of sp³-hybridized carbons (Fsp3) is 0.250. The molecule has 0 atom stereocenters. The predicted octanol–water partition coefficient (Wildman–Crippen LogP) is 1.81. The summed E-state index contributed by atoms with van der Waals surface area (Å²) in [5.41, 5.74) is 3.63. The molecule has 1 heterocycles. The third-order valence-electron chi connectivity index (χ3n) is 2.49. The Kier molecular flexibility index (Phi) is 2.83. The molecule has 1 aromatic heterocycles. The number of hydrogen-bond acceptors (Lipinski definition) is 2. The van der Waals surface area contributed by atoms with Crippen LogP contribution in [-0.2, 0) is 13.6 Å². The molecule has 0 fully saturated rings. The Labute approximate surface area is 89.7 Å². The van der Waals surface area contributed by atoms with E-state index in [0.717, 1.165) is 6.54 Å². The van der Waals surface area contributed by atoms with Crippen molar-refractivity contribution in [1.29, 1.82) is 0 Å². The molecule has 0 aliphatic heterocycles. The minimum atomic E-state index is 0.834. The van der Waals surface area contributed by atoms with E-state index in [9.17, 15) is 0 Å². The Morgan fingerprint density at radius 2 is 2.00 bits per heavy atom. The Hall–Kier alpha value is -1.61. The second kappa shape index (κ2) is 4.28. The lowest BCUT2D eigenvalue weighted by Gasteiger charge is -2.05. The second-order valence-electron chi connectivity index (χ2n) is 3.52. The van der Waals surface area contributed by atoms with E-state index in [1.807, 2.05) is 43.2 Å². The maximum atomic E-state index is 4.29. The summed E-state index contributed by atoms with van der Waals surface area (Å²) in [6.07, 6.45) is 1.92. The summed E-state index contributed by atoms with van der Waals surface area (Å²) in [4.78, 5) is 0. The van der Waals surface area contributed by atoms with Crippen LogP contribution >= 0.6 is 0 Å². The highest BCUT2D eigenvalue weighted by atomic mass is 15.3. The third-order valence-corrected chi connectivity index (χ3v) is 2.49. The molecule has 3 nitrogen and oxygen atoms in total. The summed E-state index contributed by atoms with van der Waals surface area (Å²) >= 11 is 0. The minimum absolute atomic E-state index is 0.834. The molecule has 1 N–H and O–H groups in total. The van der Waals surface area contributed by atoms with Gasteiger partial charge in [0.05, 0.1) is 11.9 Å². The summed E-state index contributed by atoms with van der Waals surface area (Å²) in [6.45, 7) is 0.834. The number of rotatable bonds is 3. The average Bonchev–Trinajstić information content (AvgIpc) is 2.63. The van der Waals surface area contributed by atoms with Crippen LogP contribution in [0.2, 0.25) is 0 Å². The molecule has 0 bridgehead atoms. The summed E-state index contributed by atoms with van der Waals surface area (Å²) in [5.74, 6) is 0. The van der Waals surface area contributed by atoms with E-state index in [1.165, 1.54) is 16.8 Å². The minimum Gasteiger partial charge on any atom is -0.314 e. The summed E-state index contributed by atoms with van der Waals surface area (Å²) in [6, 6.07) is 10.3. The van der Waals surface area contributed by atoms with Gasteiger partial charge in [0, 0.05) is 19.2 Å². The van der Waals surface area contributed by atoms with E-state index < -0.39 is 0 Å². The van der Waals surface area contributed by atoms with Crippen molar-refractivity contribution in [2.24, 2.45) is 7.05 Å². The van der Waals surface area contributed by atoms with Crippen LogP contribution in [0.25, 0.3) is 11.1 Å². The molecule has 0 saturated carbocycles. The zero-order valence-electron chi connectivity index (χ0n) is 9.07. The zero-order valence-corrected chi connectivity index (χ0v) is 9.07. The third kappa shape index (κ3) is 1.92. The second-order valence-corrected chi connectivity index (χ2v) is 3.52. The van der Waals surface area contributed by atoms with Gasteiger partial charge in [-0.25, -0.2) is 0 Å². The molecule has 1 aromatic carbocycles. The molecule has 78 valence electrons. The zero-order chi connectivity index (χ0) is 10.7. The number of hydrogen-bond donors (Lipinski definition) is 1. The highest BCUT2D eigenvalue weighted by molar-refractivity contribution is 5.65. The van der Waals surface area contributed by atoms with Crippen molar-refractivity contribution in [3.05, 3.63) is 42.2 Å². The largest absolute Gasteiger partial charge is 0.314 e. The van der Waals surface area contributed by atoms with Gasteiger partial charge in [-0.15, -0.1) is 0 Å². The average molecular weight is 201 g/mol. The fourth-order valence-corrected chi connectivity index (χ4v) is 1.70. The van der Waals surface area contributed by atoms with Crippen LogP contribution in [0.15, 0.2) is 36.5 Å². The molecular formula is C12H15N3. The van der Waals surface area contributed by atoms with Gasteiger partial charge in [-0.05, 0) is 12.6 Å². The van der Waals surface area contributed by atoms with Crippen molar-refractivity contribution >= 4 is 0 Å². The maximum absolute atomic E-state index is 4.29. The quantitative estimate of drug-likeness (QED) is 0.820. The standard InChI is InChI=1S/C12H15N3/c1-13-9-12-11(8-14-15(12)2)10-6-4-3-5-7-10/h3-8,13H,9H2,1-2H3. The van der Waals surface area contributed by atoms with Gasteiger partial charge in [0.25, 0.3) is 0 Å². The lowest BCUT2D eigenvalue weighted by molar-refractivity contribution is 0.673. The van der Waals surface area contributed by atoms with Crippen LogP contribution in [0.4, 0.5) is 0 Å². The molecule has 0 unspecified atom stereocenters. The van der Waals surface area contributed by atoms with Crippen molar-refractivity contribution in [1.82, 2.24) is 15.1 Å². The molecule has 0 spiro atoms.